The van der Waals surface area contributed by atoms with E-state index < -0.39 is 0 Å². The molecule has 0 saturated heterocycles. The number of benzene rings is 3. The highest BCUT2D eigenvalue weighted by Gasteiger charge is 2.23. The lowest BCUT2D eigenvalue weighted by Crippen LogP contribution is -2.11. The van der Waals surface area contributed by atoms with Crippen molar-refractivity contribution in [2.75, 3.05) is 5.32 Å². The fourth-order valence-corrected chi connectivity index (χ4v) is 3.47. The quantitative estimate of drug-likeness (QED) is 0.254. The molecule has 1 amide bonds. The second kappa shape index (κ2) is 8.69. The molecule has 1 heterocycles. The van der Waals surface area contributed by atoms with Crippen molar-refractivity contribution < 1.29 is 14.0 Å². The van der Waals surface area contributed by atoms with Crippen LogP contribution >= 0.6 is 27.5 Å². The van der Waals surface area contributed by atoms with Crippen LogP contribution in [0.1, 0.15) is 21.7 Å². The summed E-state index contributed by atoms with van der Waals surface area (Å²) in [5.74, 6) is -0.653. The van der Waals surface area contributed by atoms with Crippen molar-refractivity contribution in [2.24, 2.45) is 0 Å². The topological polar surface area (TPSA) is 59.3 Å². The van der Waals surface area contributed by atoms with Crippen molar-refractivity contribution in [1.82, 2.24) is 0 Å². The average Bonchev–Trinajstić information content (AvgIpc) is 3.10. The SMILES string of the molecule is O=C(/C=C/c1ccccc1)Nc1c(C(=O)c2ccc(Cl)cc2)oc2ccc(Br)cc12. The molecule has 30 heavy (non-hydrogen) atoms. The zero-order valence-corrected chi connectivity index (χ0v) is 17.9. The molecule has 0 unspecified atom stereocenters. The lowest BCUT2D eigenvalue weighted by molar-refractivity contribution is -0.111. The number of hydrogen-bond donors (Lipinski definition) is 1. The van der Waals surface area contributed by atoms with Gasteiger partial charge in [-0.15, -0.1) is 0 Å². The molecular formula is C24H15BrClNO3. The molecule has 4 aromatic rings. The molecule has 0 bridgehead atoms. The van der Waals surface area contributed by atoms with Crippen LogP contribution in [0.15, 0.2) is 87.8 Å². The van der Waals surface area contributed by atoms with Gasteiger partial charge in [0.15, 0.2) is 5.76 Å². The number of hydrogen-bond acceptors (Lipinski definition) is 3. The molecule has 1 N–H and O–H groups in total. The number of halogens is 2. The van der Waals surface area contributed by atoms with Crippen LogP contribution in [0.4, 0.5) is 5.69 Å². The highest BCUT2D eigenvalue weighted by molar-refractivity contribution is 9.10. The first-order valence-corrected chi connectivity index (χ1v) is 10.2. The molecule has 0 saturated carbocycles. The molecule has 4 rings (SSSR count). The van der Waals surface area contributed by atoms with Gasteiger partial charge in [-0.3, -0.25) is 9.59 Å². The van der Waals surface area contributed by atoms with Gasteiger partial charge in [0.1, 0.15) is 5.58 Å². The van der Waals surface area contributed by atoms with Crippen molar-refractivity contribution in [2.45, 2.75) is 0 Å². The fraction of sp³-hybridized carbons (Fsp3) is 0. The second-order valence-corrected chi connectivity index (χ2v) is 7.87. The van der Waals surface area contributed by atoms with E-state index in [1.54, 1.807) is 42.5 Å². The minimum absolute atomic E-state index is 0.0619. The number of carbonyl (C=O) groups excluding carboxylic acids is 2. The van der Waals surface area contributed by atoms with E-state index in [9.17, 15) is 9.59 Å². The monoisotopic (exact) mass is 479 g/mol. The predicted molar refractivity (Wildman–Crippen MR) is 123 cm³/mol. The van der Waals surface area contributed by atoms with Gasteiger partial charge in [0.2, 0.25) is 11.7 Å². The van der Waals surface area contributed by atoms with E-state index in [1.165, 1.54) is 6.08 Å². The number of anilines is 1. The summed E-state index contributed by atoms with van der Waals surface area (Å²) >= 11 is 9.35. The van der Waals surface area contributed by atoms with E-state index in [0.717, 1.165) is 10.0 Å². The molecule has 6 heteroatoms. The highest BCUT2D eigenvalue weighted by atomic mass is 79.9. The summed E-state index contributed by atoms with van der Waals surface area (Å²) in [5, 5.41) is 3.96. The summed E-state index contributed by atoms with van der Waals surface area (Å²) in [6.07, 6.45) is 3.12. The zero-order chi connectivity index (χ0) is 21.1. The van der Waals surface area contributed by atoms with Crippen molar-refractivity contribution in [3.05, 3.63) is 105 Å². The molecule has 1 aromatic heterocycles. The molecule has 0 fully saturated rings. The largest absolute Gasteiger partial charge is 0.450 e. The molecule has 0 radical (unpaired) electrons. The standard InChI is InChI=1S/C24H15BrClNO3/c25-17-9-12-20-19(14-17)22(27-21(28)13-6-15-4-2-1-3-5-15)24(30-20)23(29)16-7-10-18(26)11-8-16/h1-14H,(H,27,28)/b13-6+. The Bertz CT molecular complexity index is 1260. The predicted octanol–water partition coefficient (Wildman–Crippen LogP) is 6.73. The summed E-state index contributed by atoms with van der Waals surface area (Å²) in [4.78, 5) is 25.7. The lowest BCUT2D eigenvalue weighted by Gasteiger charge is -2.04. The van der Waals surface area contributed by atoms with E-state index >= 15 is 0 Å². The number of ketones is 1. The van der Waals surface area contributed by atoms with E-state index in [2.05, 4.69) is 21.2 Å². The Kier molecular flexibility index (Phi) is 5.84. The molecule has 4 nitrogen and oxygen atoms in total. The van der Waals surface area contributed by atoms with E-state index in [4.69, 9.17) is 16.0 Å². The van der Waals surface area contributed by atoms with Gasteiger partial charge in [-0.25, -0.2) is 0 Å². The molecule has 0 aliphatic heterocycles. The van der Waals surface area contributed by atoms with Crippen molar-refractivity contribution in [1.29, 1.82) is 0 Å². The number of rotatable bonds is 5. The van der Waals surface area contributed by atoms with Crippen LogP contribution in [0.3, 0.4) is 0 Å². The lowest BCUT2D eigenvalue weighted by atomic mass is 10.1. The first-order valence-electron chi connectivity index (χ1n) is 9.08. The third-order valence-electron chi connectivity index (χ3n) is 4.44. The summed E-state index contributed by atoms with van der Waals surface area (Å²) in [6.45, 7) is 0. The first-order chi connectivity index (χ1) is 14.5. The Morgan fingerprint density at radius 1 is 0.967 bits per heavy atom. The van der Waals surface area contributed by atoms with E-state index in [1.807, 2.05) is 36.4 Å². The van der Waals surface area contributed by atoms with Crippen LogP contribution < -0.4 is 5.32 Å². The maximum absolute atomic E-state index is 13.1. The van der Waals surface area contributed by atoms with Gasteiger partial charge in [-0.05, 0) is 54.1 Å². The van der Waals surface area contributed by atoms with E-state index in [0.29, 0.717) is 27.2 Å². The van der Waals surface area contributed by atoms with Crippen molar-refractivity contribution >= 4 is 62.0 Å². The minimum Gasteiger partial charge on any atom is -0.450 e. The van der Waals surface area contributed by atoms with Gasteiger partial charge >= 0.3 is 0 Å². The molecular weight excluding hydrogens is 466 g/mol. The Morgan fingerprint density at radius 2 is 1.70 bits per heavy atom. The molecule has 0 spiro atoms. The molecule has 0 atom stereocenters. The Morgan fingerprint density at radius 3 is 2.43 bits per heavy atom. The maximum Gasteiger partial charge on any atom is 0.248 e. The summed E-state index contributed by atoms with van der Waals surface area (Å²) in [7, 11) is 0. The van der Waals surface area contributed by atoms with Crippen LogP contribution in [0.25, 0.3) is 17.0 Å². The minimum atomic E-state index is -0.369. The molecule has 0 aliphatic carbocycles. The Hall–Kier alpha value is -3.15. The Labute approximate surface area is 186 Å². The fourth-order valence-electron chi connectivity index (χ4n) is 2.99. The third-order valence-corrected chi connectivity index (χ3v) is 5.18. The van der Waals surface area contributed by atoms with Gasteiger partial charge in [0, 0.05) is 26.5 Å². The number of fused-ring (bicyclic) bond motifs is 1. The van der Waals surface area contributed by atoms with E-state index in [-0.39, 0.29) is 17.5 Å². The third kappa shape index (κ3) is 4.37. The van der Waals surface area contributed by atoms with Crippen molar-refractivity contribution in [3.63, 3.8) is 0 Å². The van der Waals surface area contributed by atoms with Crippen LogP contribution in [0.2, 0.25) is 5.02 Å². The zero-order valence-electron chi connectivity index (χ0n) is 15.6. The average molecular weight is 481 g/mol. The number of amides is 1. The smallest absolute Gasteiger partial charge is 0.248 e. The van der Waals surface area contributed by atoms with Gasteiger partial charge in [0.25, 0.3) is 0 Å². The summed E-state index contributed by atoms with van der Waals surface area (Å²) in [5.41, 5.74) is 2.13. The first kappa shape index (κ1) is 20.1. The van der Waals surface area contributed by atoms with Gasteiger partial charge in [0.05, 0.1) is 5.69 Å². The maximum atomic E-state index is 13.1. The molecule has 3 aromatic carbocycles. The van der Waals surface area contributed by atoms with Crippen LogP contribution in [-0.4, -0.2) is 11.7 Å². The Balaban J connectivity index is 1.71. The number of furan rings is 1. The normalized spacial score (nSPS) is 11.1. The molecule has 0 aliphatic rings. The summed E-state index contributed by atoms with van der Waals surface area (Å²) in [6, 6.07) is 21.3. The van der Waals surface area contributed by atoms with Gasteiger partial charge in [-0.1, -0.05) is 57.9 Å². The summed E-state index contributed by atoms with van der Waals surface area (Å²) < 4.78 is 6.62. The highest BCUT2D eigenvalue weighted by Crippen LogP contribution is 2.34. The molecule has 148 valence electrons. The van der Waals surface area contributed by atoms with Crippen molar-refractivity contribution in [3.8, 4) is 0 Å². The number of nitrogens with one attached hydrogen (secondary N) is 1. The van der Waals surface area contributed by atoms with Gasteiger partial charge in [-0.2, -0.15) is 0 Å². The van der Waals surface area contributed by atoms with Crippen LogP contribution in [-0.2, 0) is 4.79 Å². The number of carbonyl (C=O) groups is 2. The van der Waals surface area contributed by atoms with Crippen LogP contribution in [0.5, 0.6) is 0 Å². The second-order valence-electron chi connectivity index (χ2n) is 6.52. The van der Waals surface area contributed by atoms with Gasteiger partial charge < -0.3 is 9.73 Å². The van der Waals surface area contributed by atoms with Crippen LogP contribution in [0, 0.1) is 0 Å².